The molecular formula is C24H24F3N3O2. The van der Waals surface area contributed by atoms with Crippen LogP contribution in [0.3, 0.4) is 0 Å². The third kappa shape index (κ3) is 4.64. The van der Waals surface area contributed by atoms with E-state index in [4.69, 9.17) is 0 Å². The van der Waals surface area contributed by atoms with Crippen LogP contribution in [0.15, 0.2) is 36.4 Å². The molecule has 3 aromatic rings. The Labute approximate surface area is 183 Å². The monoisotopic (exact) mass is 443 g/mol. The molecule has 1 aliphatic rings. The number of hydrogen-bond donors (Lipinski definition) is 3. The van der Waals surface area contributed by atoms with E-state index in [2.05, 4.69) is 15.6 Å². The molecule has 1 fully saturated rings. The number of H-pyrrole nitrogens is 1. The van der Waals surface area contributed by atoms with Crippen molar-refractivity contribution >= 4 is 22.7 Å². The topological polar surface area (TPSA) is 74.0 Å². The van der Waals surface area contributed by atoms with Crippen LogP contribution in [0.4, 0.5) is 13.2 Å². The summed E-state index contributed by atoms with van der Waals surface area (Å²) in [6, 6.07) is 8.00. The number of fused-ring (bicyclic) bond motifs is 1. The molecule has 5 nitrogen and oxygen atoms in total. The number of hydrogen-bond acceptors (Lipinski definition) is 2. The van der Waals surface area contributed by atoms with Gasteiger partial charge in [-0.1, -0.05) is 0 Å². The molecule has 4 rings (SSSR count). The van der Waals surface area contributed by atoms with E-state index in [1.54, 1.807) is 12.1 Å². The lowest BCUT2D eigenvalue weighted by atomic mass is 9.71. The molecule has 0 aliphatic heterocycles. The maximum atomic E-state index is 14.4. The first-order valence-electron chi connectivity index (χ1n) is 10.6. The van der Waals surface area contributed by atoms with Gasteiger partial charge in [0.15, 0.2) is 0 Å². The molecule has 1 aromatic heterocycles. The smallest absolute Gasteiger partial charge is 0.223 e. The molecule has 0 bridgehead atoms. The number of amides is 2. The summed E-state index contributed by atoms with van der Waals surface area (Å²) < 4.78 is 41.8. The molecule has 8 heteroatoms. The highest BCUT2D eigenvalue weighted by molar-refractivity contribution is 5.91. The van der Waals surface area contributed by atoms with Crippen molar-refractivity contribution in [1.82, 2.24) is 15.6 Å². The lowest BCUT2D eigenvalue weighted by Gasteiger charge is -2.34. The van der Waals surface area contributed by atoms with Gasteiger partial charge in [0, 0.05) is 43.1 Å². The van der Waals surface area contributed by atoms with E-state index in [1.165, 1.54) is 25.1 Å². The van der Waals surface area contributed by atoms with Crippen molar-refractivity contribution in [3.8, 4) is 11.3 Å². The first-order chi connectivity index (χ1) is 15.3. The highest BCUT2D eigenvalue weighted by Gasteiger charge is 2.35. The van der Waals surface area contributed by atoms with Crippen LogP contribution in [-0.4, -0.2) is 29.9 Å². The standard InChI is InChI=1S/C24H24F3N3O2/c1-13(31)28-6-7-29-24(32)16-8-14(9-16)10-19-20-11-18(26)12-21(27)23(20)30-22(19)15-2-4-17(25)5-3-15/h2-5,11-12,14,16,30H,6-10H2,1H3,(H,28,31)(H,29,32). The number of carbonyl (C=O) groups is 2. The molecular weight excluding hydrogens is 419 g/mol. The zero-order valence-electron chi connectivity index (χ0n) is 17.6. The fraction of sp³-hybridized carbons (Fsp3) is 0.333. The second kappa shape index (κ2) is 9.06. The molecule has 1 saturated carbocycles. The zero-order valence-corrected chi connectivity index (χ0v) is 17.6. The van der Waals surface area contributed by atoms with E-state index in [9.17, 15) is 22.8 Å². The van der Waals surface area contributed by atoms with Gasteiger partial charge in [-0.15, -0.1) is 0 Å². The van der Waals surface area contributed by atoms with E-state index in [0.717, 1.165) is 11.6 Å². The Kier molecular flexibility index (Phi) is 6.21. The van der Waals surface area contributed by atoms with Crippen molar-refractivity contribution in [3.63, 3.8) is 0 Å². The summed E-state index contributed by atoms with van der Waals surface area (Å²) in [5.74, 6) is -1.86. The van der Waals surface area contributed by atoms with Crippen molar-refractivity contribution in [2.45, 2.75) is 26.2 Å². The first-order valence-corrected chi connectivity index (χ1v) is 10.6. The molecule has 3 N–H and O–H groups in total. The minimum absolute atomic E-state index is 0.0543. The molecule has 0 radical (unpaired) electrons. The zero-order chi connectivity index (χ0) is 22.8. The fourth-order valence-corrected chi connectivity index (χ4v) is 4.32. The van der Waals surface area contributed by atoms with Gasteiger partial charge in [-0.2, -0.15) is 0 Å². The Morgan fingerprint density at radius 1 is 1.00 bits per heavy atom. The van der Waals surface area contributed by atoms with Crippen molar-refractivity contribution < 1.29 is 22.8 Å². The van der Waals surface area contributed by atoms with E-state index < -0.39 is 11.6 Å². The van der Waals surface area contributed by atoms with Gasteiger partial charge < -0.3 is 15.6 Å². The summed E-state index contributed by atoms with van der Waals surface area (Å²) in [5, 5.41) is 5.90. The van der Waals surface area contributed by atoms with Crippen LogP contribution in [-0.2, 0) is 16.0 Å². The first kappa shape index (κ1) is 21.9. The van der Waals surface area contributed by atoms with E-state index in [-0.39, 0.29) is 35.0 Å². The summed E-state index contributed by atoms with van der Waals surface area (Å²) in [5.41, 5.74) is 2.29. The Hall–Kier alpha value is -3.29. The third-order valence-electron chi connectivity index (χ3n) is 5.96. The molecule has 0 saturated heterocycles. The van der Waals surface area contributed by atoms with Gasteiger partial charge >= 0.3 is 0 Å². The highest BCUT2D eigenvalue weighted by atomic mass is 19.1. The van der Waals surface area contributed by atoms with Gasteiger partial charge in [0.2, 0.25) is 11.8 Å². The number of halogens is 3. The Morgan fingerprint density at radius 3 is 2.38 bits per heavy atom. The molecule has 0 spiro atoms. The molecule has 1 heterocycles. The van der Waals surface area contributed by atoms with E-state index >= 15 is 0 Å². The third-order valence-corrected chi connectivity index (χ3v) is 5.96. The van der Waals surface area contributed by atoms with Gasteiger partial charge in [-0.25, -0.2) is 13.2 Å². The number of rotatable bonds is 7. The molecule has 0 atom stereocenters. The average molecular weight is 443 g/mol. The van der Waals surface area contributed by atoms with Crippen LogP contribution in [0.25, 0.3) is 22.2 Å². The highest BCUT2D eigenvalue weighted by Crippen LogP contribution is 2.41. The molecule has 2 amide bonds. The molecule has 2 aromatic carbocycles. The van der Waals surface area contributed by atoms with Crippen LogP contribution in [0.1, 0.15) is 25.3 Å². The lowest BCUT2D eigenvalue weighted by Crippen LogP contribution is -2.42. The second-order valence-electron chi connectivity index (χ2n) is 8.31. The Morgan fingerprint density at radius 2 is 1.69 bits per heavy atom. The van der Waals surface area contributed by atoms with Crippen molar-refractivity contribution in [2.75, 3.05) is 13.1 Å². The van der Waals surface area contributed by atoms with Crippen molar-refractivity contribution in [2.24, 2.45) is 11.8 Å². The second-order valence-corrected chi connectivity index (χ2v) is 8.31. The number of carbonyl (C=O) groups excluding carboxylic acids is 2. The quantitative estimate of drug-likeness (QED) is 0.482. The normalized spacial score (nSPS) is 17.8. The van der Waals surface area contributed by atoms with Crippen LogP contribution >= 0.6 is 0 Å². The number of aromatic amines is 1. The van der Waals surface area contributed by atoms with Crippen LogP contribution in [0.2, 0.25) is 0 Å². The summed E-state index contributed by atoms with van der Waals surface area (Å²) in [7, 11) is 0. The predicted octanol–water partition coefficient (Wildman–Crippen LogP) is 4.07. The molecule has 32 heavy (non-hydrogen) atoms. The molecule has 168 valence electrons. The molecule has 0 unspecified atom stereocenters. The Bertz CT molecular complexity index is 1150. The van der Waals surface area contributed by atoms with Gasteiger partial charge in [0.1, 0.15) is 17.5 Å². The van der Waals surface area contributed by atoms with Gasteiger partial charge in [0.05, 0.1) is 5.52 Å². The summed E-state index contributed by atoms with van der Waals surface area (Å²) in [6.45, 7) is 2.17. The largest absolute Gasteiger partial charge is 0.355 e. The van der Waals surface area contributed by atoms with Crippen LogP contribution < -0.4 is 10.6 Å². The maximum absolute atomic E-state index is 14.4. The Balaban J connectivity index is 1.49. The van der Waals surface area contributed by atoms with Crippen molar-refractivity contribution in [3.05, 3.63) is 59.4 Å². The average Bonchev–Trinajstić information content (AvgIpc) is 3.06. The molecule has 1 aliphatic carbocycles. The fourth-order valence-electron chi connectivity index (χ4n) is 4.32. The predicted molar refractivity (Wildman–Crippen MR) is 115 cm³/mol. The van der Waals surface area contributed by atoms with Crippen LogP contribution in [0, 0.1) is 29.3 Å². The summed E-state index contributed by atoms with van der Waals surface area (Å²) >= 11 is 0. The van der Waals surface area contributed by atoms with E-state index in [0.29, 0.717) is 49.0 Å². The number of benzene rings is 2. The van der Waals surface area contributed by atoms with Gasteiger partial charge in [-0.3, -0.25) is 9.59 Å². The number of aromatic nitrogens is 1. The minimum atomic E-state index is -0.681. The SMILES string of the molecule is CC(=O)NCCNC(=O)C1CC(Cc2c(-c3ccc(F)cc3)[nH]c3c(F)cc(F)cc23)C1. The summed E-state index contributed by atoms with van der Waals surface area (Å²) in [6.07, 6.45) is 1.88. The van der Waals surface area contributed by atoms with Gasteiger partial charge in [0.25, 0.3) is 0 Å². The lowest BCUT2D eigenvalue weighted by molar-refractivity contribution is -0.129. The van der Waals surface area contributed by atoms with Crippen LogP contribution in [0.5, 0.6) is 0 Å². The van der Waals surface area contributed by atoms with Gasteiger partial charge in [-0.05, 0) is 66.6 Å². The number of nitrogens with one attached hydrogen (secondary N) is 3. The van der Waals surface area contributed by atoms with E-state index in [1.807, 2.05) is 0 Å². The summed E-state index contributed by atoms with van der Waals surface area (Å²) in [4.78, 5) is 26.2. The van der Waals surface area contributed by atoms with Crippen molar-refractivity contribution in [1.29, 1.82) is 0 Å². The maximum Gasteiger partial charge on any atom is 0.223 e. The minimum Gasteiger partial charge on any atom is -0.355 e.